The lowest BCUT2D eigenvalue weighted by molar-refractivity contribution is 0.169. The van der Waals surface area contributed by atoms with Crippen molar-refractivity contribution in [3.63, 3.8) is 0 Å². The van der Waals surface area contributed by atoms with Crippen molar-refractivity contribution in [2.24, 2.45) is 0 Å². The molecular formula is C16H21N5S. The molecule has 4 rings (SSSR count). The molecule has 2 N–H and O–H groups in total. The number of nitrogens with two attached hydrogens (primary N) is 1. The van der Waals surface area contributed by atoms with Crippen LogP contribution in [-0.2, 0) is 12.8 Å². The summed E-state index contributed by atoms with van der Waals surface area (Å²) in [6.07, 6.45) is 5.30. The molecule has 2 aromatic rings. The molecule has 22 heavy (non-hydrogen) atoms. The minimum atomic E-state index is 0.625. The van der Waals surface area contributed by atoms with Gasteiger partial charge in [0, 0.05) is 49.7 Å². The highest BCUT2D eigenvalue weighted by molar-refractivity contribution is 7.15. The third-order valence-electron chi connectivity index (χ3n) is 4.73. The van der Waals surface area contributed by atoms with Gasteiger partial charge in [0.2, 0.25) is 0 Å². The van der Waals surface area contributed by atoms with E-state index in [0.29, 0.717) is 6.04 Å². The van der Waals surface area contributed by atoms with Crippen LogP contribution in [0.2, 0.25) is 0 Å². The van der Waals surface area contributed by atoms with Crippen molar-refractivity contribution in [3.05, 3.63) is 35.0 Å². The monoisotopic (exact) mass is 315 g/mol. The molecule has 1 aliphatic carbocycles. The van der Waals surface area contributed by atoms with Crippen molar-refractivity contribution in [3.8, 4) is 0 Å². The zero-order chi connectivity index (χ0) is 14.9. The molecule has 1 fully saturated rings. The number of thiazole rings is 1. The van der Waals surface area contributed by atoms with Crippen molar-refractivity contribution in [1.29, 1.82) is 0 Å². The number of hydrogen-bond acceptors (Lipinski definition) is 6. The van der Waals surface area contributed by atoms with Gasteiger partial charge in [0.25, 0.3) is 0 Å². The fourth-order valence-electron chi connectivity index (χ4n) is 3.55. The first-order chi connectivity index (χ1) is 10.8. The van der Waals surface area contributed by atoms with Gasteiger partial charge in [-0.05, 0) is 25.0 Å². The van der Waals surface area contributed by atoms with Crippen LogP contribution in [-0.4, -0.2) is 47.1 Å². The lowest BCUT2D eigenvalue weighted by Gasteiger charge is -2.40. The molecule has 2 aliphatic rings. The van der Waals surface area contributed by atoms with Crippen LogP contribution in [0, 0.1) is 0 Å². The summed E-state index contributed by atoms with van der Waals surface area (Å²) in [5.41, 5.74) is 7.09. The lowest BCUT2D eigenvalue weighted by Crippen LogP contribution is -2.51. The van der Waals surface area contributed by atoms with E-state index in [4.69, 9.17) is 5.73 Å². The molecule has 0 spiro atoms. The number of anilines is 2. The summed E-state index contributed by atoms with van der Waals surface area (Å²) in [7, 11) is 0. The van der Waals surface area contributed by atoms with Gasteiger partial charge in [0.15, 0.2) is 5.13 Å². The van der Waals surface area contributed by atoms with Crippen molar-refractivity contribution >= 4 is 22.3 Å². The van der Waals surface area contributed by atoms with E-state index in [0.717, 1.165) is 50.0 Å². The van der Waals surface area contributed by atoms with Crippen molar-refractivity contribution in [2.45, 2.75) is 25.3 Å². The van der Waals surface area contributed by atoms with Crippen LogP contribution >= 0.6 is 11.3 Å². The number of nitrogens with zero attached hydrogens (tertiary/aromatic N) is 4. The molecular weight excluding hydrogens is 294 g/mol. The van der Waals surface area contributed by atoms with Gasteiger partial charge in [0.1, 0.15) is 5.82 Å². The topological polar surface area (TPSA) is 58.3 Å². The van der Waals surface area contributed by atoms with Gasteiger partial charge in [-0.25, -0.2) is 9.97 Å². The molecule has 6 heteroatoms. The number of rotatable bonds is 2. The van der Waals surface area contributed by atoms with E-state index in [1.54, 1.807) is 11.3 Å². The summed E-state index contributed by atoms with van der Waals surface area (Å²) >= 11 is 1.67. The van der Waals surface area contributed by atoms with Crippen molar-refractivity contribution < 1.29 is 0 Å². The highest BCUT2D eigenvalue weighted by Crippen LogP contribution is 2.30. The number of fused-ring (bicyclic) bond motifs is 1. The van der Waals surface area contributed by atoms with Crippen molar-refractivity contribution in [1.82, 2.24) is 14.9 Å². The predicted octanol–water partition coefficient (Wildman–Crippen LogP) is 1.80. The fraction of sp³-hybridized carbons (Fsp3) is 0.500. The maximum atomic E-state index is 5.85. The predicted molar refractivity (Wildman–Crippen MR) is 90.4 cm³/mol. The first kappa shape index (κ1) is 14.0. The van der Waals surface area contributed by atoms with E-state index in [1.165, 1.54) is 17.0 Å². The molecule has 2 aromatic heterocycles. The molecule has 1 atom stereocenters. The van der Waals surface area contributed by atoms with Gasteiger partial charge in [-0.3, -0.25) is 4.90 Å². The zero-order valence-electron chi connectivity index (χ0n) is 12.6. The quantitative estimate of drug-likeness (QED) is 0.916. The second-order valence-electron chi connectivity index (χ2n) is 6.03. The molecule has 1 aliphatic heterocycles. The second kappa shape index (κ2) is 5.85. The Morgan fingerprint density at radius 2 is 2.05 bits per heavy atom. The average Bonchev–Trinajstić information content (AvgIpc) is 2.95. The third kappa shape index (κ3) is 2.68. The van der Waals surface area contributed by atoms with Crippen LogP contribution in [0.15, 0.2) is 24.4 Å². The summed E-state index contributed by atoms with van der Waals surface area (Å²) in [4.78, 5) is 15.4. The SMILES string of the molecule is Nc1nc2c(s1)CCC(N1CCN(c3ccccn3)CC1)C2. The maximum Gasteiger partial charge on any atom is 0.180 e. The number of aryl methyl sites for hydroxylation is 1. The first-order valence-corrected chi connectivity index (χ1v) is 8.75. The van der Waals surface area contributed by atoms with Crippen LogP contribution in [0.3, 0.4) is 0 Å². The molecule has 1 unspecified atom stereocenters. The van der Waals surface area contributed by atoms with E-state index in [9.17, 15) is 0 Å². The Bertz CT molecular complexity index is 633. The van der Waals surface area contributed by atoms with Crippen LogP contribution in [0.4, 0.5) is 10.9 Å². The Morgan fingerprint density at radius 1 is 1.18 bits per heavy atom. The molecule has 0 aromatic carbocycles. The summed E-state index contributed by atoms with van der Waals surface area (Å²) < 4.78 is 0. The summed E-state index contributed by atoms with van der Waals surface area (Å²) in [5, 5.41) is 0.727. The number of nitrogen functional groups attached to an aromatic ring is 1. The van der Waals surface area contributed by atoms with Gasteiger partial charge in [-0.15, -0.1) is 11.3 Å². The summed E-state index contributed by atoms with van der Waals surface area (Å²) in [6.45, 7) is 4.32. The summed E-state index contributed by atoms with van der Waals surface area (Å²) in [6, 6.07) is 6.75. The molecule has 0 amide bonds. The van der Waals surface area contributed by atoms with Crippen molar-refractivity contribution in [2.75, 3.05) is 36.8 Å². The first-order valence-electron chi connectivity index (χ1n) is 7.93. The molecule has 0 saturated carbocycles. The standard InChI is InChI=1S/C16H21N5S/c17-16-19-13-11-12(4-5-14(13)22-16)20-7-9-21(10-8-20)15-3-1-2-6-18-15/h1-3,6,12H,4-5,7-11H2,(H2,17,19). The van der Waals surface area contributed by atoms with E-state index in [1.807, 2.05) is 12.3 Å². The smallest absolute Gasteiger partial charge is 0.180 e. The van der Waals surface area contributed by atoms with E-state index in [-0.39, 0.29) is 0 Å². The Kier molecular flexibility index (Phi) is 3.72. The maximum absolute atomic E-state index is 5.85. The van der Waals surface area contributed by atoms with Crippen LogP contribution in [0.1, 0.15) is 17.0 Å². The number of pyridine rings is 1. The fourth-order valence-corrected chi connectivity index (χ4v) is 4.42. The largest absolute Gasteiger partial charge is 0.375 e. The van der Waals surface area contributed by atoms with Crippen LogP contribution in [0.25, 0.3) is 0 Å². The highest BCUT2D eigenvalue weighted by atomic mass is 32.1. The van der Waals surface area contributed by atoms with Gasteiger partial charge >= 0.3 is 0 Å². The summed E-state index contributed by atoms with van der Waals surface area (Å²) in [5.74, 6) is 1.10. The van der Waals surface area contributed by atoms with Gasteiger partial charge in [-0.2, -0.15) is 0 Å². The third-order valence-corrected chi connectivity index (χ3v) is 5.72. The number of aromatic nitrogens is 2. The molecule has 0 bridgehead atoms. The number of piperazine rings is 1. The average molecular weight is 315 g/mol. The normalized spacial score (nSPS) is 22.5. The number of hydrogen-bond donors (Lipinski definition) is 1. The van der Waals surface area contributed by atoms with E-state index >= 15 is 0 Å². The van der Waals surface area contributed by atoms with Crippen LogP contribution in [0.5, 0.6) is 0 Å². The zero-order valence-corrected chi connectivity index (χ0v) is 13.4. The lowest BCUT2D eigenvalue weighted by atomic mass is 9.95. The van der Waals surface area contributed by atoms with Gasteiger partial charge < -0.3 is 10.6 Å². The molecule has 3 heterocycles. The highest BCUT2D eigenvalue weighted by Gasteiger charge is 2.29. The molecule has 1 saturated heterocycles. The molecule has 116 valence electrons. The molecule has 5 nitrogen and oxygen atoms in total. The Morgan fingerprint density at radius 3 is 2.82 bits per heavy atom. The minimum Gasteiger partial charge on any atom is -0.375 e. The van der Waals surface area contributed by atoms with E-state index in [2.05, 4.69) is 31.9 Å². The van der Waals surface area contributed by atoms with Gasteiger partial charge in [0.05, 0.1) is 5.69 Å². The van der Waals surface area contributed by atoms with Gasteiger partial charge in [-0.1, -0.05) is 6.07 Å². The van der Waals surface area contributed by atoms with Crippen LogP contribution < -0.4 is 10.6 Å². The molecule has 0 radical (unpaired) electrons. The minimum absolute atomic E-state index is 0.625. The Labute approximate surface area is 134 Å². The van der Waals surface area contributed by atoms with E-state index < -0.39 is 0 Å². The Hall–Kier alpha value is -1.66. The second-order valence-corrected chi connectivity index (χ2v) is 7.14. The Balaban J connectivity index is 1.38.